The van der Waals surface area contributed by atoms with Gasteiger partial charge in [0.25, 0.3) is 0 Å². The van der Waals surface area contributed by atoms with Gasteiger partial charge in [0, 0.05) is 0 Å². The Balaban J connectivity index is 2.79. The molecule has 1 aromatic heterocycles. The van der Waals surface area contributed by atoms with Gasteiger partial charge in [0.15, 0.2) is 0 Å². The molecule has 1 rings (SSSR count). The lowest BCUT2D eigenvalue weighted by Gasteiger charge is -2.19. The second-order valence-electron chi connectivity index (χ2n) is 2.86. The Morgan fingerprint density at radius 2 is 2.42 bits per heavy atom. The quantitative estimate of drug-likeness (QED) is 0.750. The minimum Gasteiger partial charge on any atom is -0.481 e. The molecule has 12 heavy (non-hydrogen) atoms. The summed E-state index contributed by atoms with van der Waals surface area (Å²) in [5.74, 6) is -0.994. The van der Waals surface area contributed by atoms with E-state index in [-0.39, 0.29) is 6.42 Å². The first-order valence-corrected chi connectivity index (χ1v) is 4.43. The Hall–Kier alpha value is -0.870. The van der Waals surface area contributed by atoms with Crippen molar-refractivity contribution in [3.05, 3.63) is 22.4 Å². The number of hydrogen-bond acceptors (Lipinski definition) is 3. The van der Waals surface area contributed by atoms with Crippen molar-refractivity contribution in [2.24, 2.45) is 0 Å². The van der Waals surface area contributed by atoms with E-state index < -0.39 is 11.6 Å². The molecule has 0 fully saturated rings. The van der Waals surface area contributed by atoms with Gasteiger partial charge >= 0.3 is 5.97 Å². The predicted molar refractivity (Wildman–Crippen MR) is 46.1 cm³/mol. The van der Waals surface area contributed by atoms with Gasteiger partial charge in [0.1, 0.15) is 0 Å². The lowest BCUT2D eigenvalue weighted by molar-refractivity contribution is -0.142. The summed E-state index contributed by atoms with van der Waals surface area (Å²) in [6.45, 7) is 1.50. The molecule has 0 saturated carbocycles. The van der Waals surface area contributed by atoms with Crippen LogP contribution in [0.5, 0.6) is 0 Å². The third-order valence-corrected chi connectivity index (χ3v) is 2.32. The van der Waals surface area contributed by atoms with Gasteiger partial charge < -0.3 is 10.2 Å². The zero-order valence-corrected chi connectivity index (χ0v) is 7.47. The highest BCUT2D eigenvalue weighted by Gasteiger charge is 2.26. The summed E-state index contributed by atoms with van der Waals surface area (Å²) in [7, 11) is 0. The van der Waals surface area contributed by atoms with Gasteiger partial charge in [-0.2, -0.15) is 11.3 Å². The lowest BCUT2D eigenvalue weighted by atomic mass is 9.95. The second kappa shape index (κ2) is 3.25. The van der Waals surface area contributed by atoms with Crippen LogP contribution in [0.2, 0.25) is 0 Å². The van der Waals surface area contributed by atoms with Crippen molar-refractivity contribution in [2.75, 3.05) is 0 Å². The van der Waals surface area contributed by atoms with E-state index in [9.17, 15) is 9.90 Å². The second-order valence-corrected chi connectivity index (χ2v) is 3.64. The average molecular weight is 186 g/mol. The first-order valence-electron chi connectivity index (χ1n) is 3.49. The Bertz CT molecular complexity index is 264. The molecule has 0 saturated heterocycles. The third-order valence-electron chi connectivity index (χ3n) is 1.64. The van der Waals surface area contributed by atoms with Crippen LogP contribution in [0, 0.1) is 0 Å². The molecule has 0 aliphatic heterocycles. The maximum Gasteiger partial charge on any atom is 0.306 e. The number of carboxylic acids is 1. The van der Waals surface area contributed by atoms with Crippen LogP contribution in [0.1, 0.15) is 18.9 Å². The smallest absolute Gasteiger partial charge is 0.306 e. The monoisotopic (exact) mass is 186 g/mol. The zero-order chi connectivity index (χ0) is 9.19. The van der Waals surface area contributed by atoms with Crippen LogP contribution < -0.4 is 0 Å². The highest BCUT2D eigenvalue weighted by molar-refractivity contribution is 7.08. The molecule has 3 nitrogen and oxygen atoms in total. The maximum atomic E-state index is 10.4. The Morgan fingerprint density at radius 3 is 2.83 bits per heavy atom. The minimum atomic E-state index is -1.24. The number of rotatable bonds is 3. The van der Waals surface area contributed by atoms with Crippen molar-refractivity contribution < 1.29 is 15.0 Å². The van der Waals surface area contributed by atoms with E-state index in [1.54, 1.807) is 11.4 Å². The van der Waals surface area contributed by atoms with Crippen LogP contribution >= 0.6 is 11.3 Å². The Labute approximate surface area is 74.3 Å². The molecule has 0 unspecified atom stereocenters. The fourth-order valence-electron chi connectivity index (χ4n) is 0.967. The molecule has 66 valence electrons. The van der Waals surface area contributed by atoms with E-state index in [1.165, 1.54) is 18.3 Å². The predicted octanol–water partition coefficient (Wildman–Crippen LogP) is 1.43. The summed E-state index contributed by atoms with van der Waals surface area (Å²) in [5.41, 5.74) is -0.582. The van der Waals surface area contributed by atoms with Crippen molar-refractivity contribution in [1.29, 1.82) is 0 Å². The number of carbonyl (C=O) groups is 1. The molecule has 0 amide bonds. The summed E-state index contributed by atoms with van der Waals surface area (Å²) in [4.78, 5) is 10.4. The fourth-order valence-corrected chi connectivity index (χ4v) is 1.75. The molecule has 1 heterocycles. The summed E-state index contributed by atoms with van der Waals surface area (Å²) < 4.78 is 0. The first-order chi connectivity index (χ1) is 5.52. The van der Waals surface area contributed by atoms with Gasteiger partial charge in [0.2, 0.25) is 0 Å². The Morgan fingerprint density at radius 1 is 1.75 bits per heavy atom. The highest BCUT2D eigenvalue weighted by atomic mass is 32.1. The summed E-state index contributed by atoms with van der Waals surface area (Å²) in [6, 6.07) is 1.73. The van der Waals surface area contributed by atoms with Crippen molar-refractivity contribution in [1.82, 2.24) is 0 Å². The number of carboxylic acid groups (broad SMARTS) is 1. The average Bonchev–Trinajstić information content (AvgIpc) is 2.32. The normalized spacial score (nSPS) is 15.5. The van der Waals surface area contributed by atoms with Crippen molar-refractivity contribution in [2.45, 2.75) is 18.9 Å². The van der Waals surface area contributed by atoms with Gasteiger partial charge in [-0.3, -0.25) is 4.79 Å². The Kier molecular flexibility index (Phi) is 2.49. The maximum absolute atomic E-state index is 10.4. The van der Waals surface area contributed by atoms with Crippen LogP contribution in [-0.2, 0) is 10.4 Å². The molecule has 0 spiro atoms. The summed E-state index contributed by atoms with van der Waals surface area (Å²) in [6.07, 6.45) is -0.260. The van der Waals surface area contributed by atoms with Crippen LogP contribution in [0.25, 0.3) is 0 Å². The lowest BCUT2D eigenvalue weighted by Crippen LogP contribution is -2.24. The molecule has 0 aromatic carbocycles. The largest absolute Gasteiger partial charge is 0.481 e. The molecule has 0 aliphatic rings. The fraction of sp³-hybridized carbons (Fsp3) is 0.375. The molecule has 1 atom stereocenters. The van der Waals surface area contributed by atoms with Crippen LogP contribution in [0.15, 0.2) is 16.8 Å². The zero-order valence-electron chi connectivity index (χ0n) is 6.65. The number of aliphatic hydroxyl groups is 1. The summed E-state index contributed by atoms with van der Waals surface area (Å²) >= 11 is 1.44. The topological polar surface area (TPSA) is 57.5 Å². The van der Waals surface area contributed by atoms with Gasteiger partial charge in [0.05, 0.1) is 12.0 Å². The SMILES string of the molecule is C[C@](O)(CC(=O)O)c1ccsc1. The van der Waals surface area contributed by atoms with Crippen LogP contribution in [0.3, 0.4) is 0 Å². The molecular formula is C8H10O3S. The van der Waals surface area contributed by atoms with E-state index in [1.807, 2.05) is 5.38 Å². The molecule has 0 radical (unpaired) electrons. The van der Waals surface area contributed by atoms with E-state index >= 15 is 0 Å². The van der Waals surface area contributed by atoms with E-state index in [2.05, 4.69) is 0 Å². The van der Waals surface area contributed by atoms with Crippen molar-refractivity contribution in [3.63, 3.8) is 0 Å². The number of hydrogen-bond donors (Lipinski definition) is 2. The van der Waals surface area contributed by atoms with Crippen LogP contribution in [-0.4, -0.2) is 16.2 Å². The van der Waals surface area contributed by atoms with Crippen molar-refractivity contribution >= 4 is 17.3 Å². The van der Waals surface area contributed by atoms with Crippen molar-refractivity contribution in [3.8, 4) is 0 Å². The summed E-state index contributed by atoms with van der Waals surface area (Å²) in [5, 5.41) is 21.7. The molecule has 0 aliphatic carbocycles. The molecule has 2 N–H and O–H groups in total. The number of thiophene rings is 1. The van der Waals surface area contributed by atoms with Gasteiger partial charge in [-0.15, -0.1) is 0 Å². The molecule has 1 aromatic rings. The minimum absolute atomic E-state index is 0.260. The molecule has 0 bridgehead atoms. The van der Waals surface area contributed by atoms with E-state index in [4.69, 9.17) is 5.11 Å². The van der Waals surface area contributed by atoms with E-state index in [0.29, 0.717) is 5.56 Å². The third kappa shape index (κ3) is 2.06. The van der Waals surface area contributed by atoms with Crippen LogP contribution in [0.4, 0.5) is 0 Å². The first kappa shape index (κ1) is 9.22. The highest BCUT2D eigenvalue weighted by Crippen LogP contribution is 2.25. The standard InChI is InChI=1S/C8H10O3S/c1-8(11,4-7(9)10)6-2-3-12-5-6/h2-3,5,11H,4H2,1H3,(H,9,10)/t8-/m0/s1. The van der Waals surface area contributed by atoms with Gasteiger partial charge in [-0.1, -0.05) is 0 Å². The van der Waals surface area contributed by atoms with E-state index in [0.717, 1.165) is 0 Å². The molecule has 4 heteroatoms. The van der Waals surface area contributed by atoms with Gasteiger partial charge in [-0.05, 0) is 29.3 Å². The van der Waals surface area contributed by atoms with Gasteiger partial charge in [-0.25, -0.2) is 0 Å². The number of aliphatic carboxylic acids is 1. The molecular weight excluding hydrogens is 176 g/mol.